The zero-order valence-electron chi connectivity index (χ0n) is 11.3. The van der Waals surface area contributed by atoms with Crippen molar-refractivity contribution >= 4 is 23.2 Å². The van der Waals surface area contributed by atoms with Crippen LogP contribution in [0.5, 0.6) is 0 Å². The summed E-state index contributed by atoms with van der Waals surface area (Å²) in [6, 6.07) is 9.56. The molecular weight excluding hydrogens is 293 g/mol. The van der Waals surface area contributed by atoms with Gasteiger partial charge in [-0.2, -0.15) is 0 Å². The molecule has 5 heteroatoms. The third-order valence-corrected chi connectivity index (χ3v) is 3.82. The second-order valence-corrected chi connectivity index (χ2v) is 5.53. The normalized spacial score (nSPS) is 12.7. The predicted molar refractivity (Wildman–Crippen MR) is 84.0 cm³/mol. The molecule has 1 atom stereocenters. The van der Waals surface area contributed by atoms with Crippen LogP contribution in [0.15, 0.2) is 42.7 Å². The molecule has 0 spiro atoms. The van der Waals surface area contributed by atoms with E-state index < -0.39 is 0 Å². The van der Waals surface area contributed by atoms with Gasteiger partial charge in [-0.15, -0.1) is 0 Å². The highest BCUT2D eigenvalue weighted by Gasteiger charge is 2.18. The summed E-state index contributed by atoms with van der Waals surface area (Å²) < 4.78 is 0. The maximum atomic E-state index is 6.27. The van der Waals surface area contributed by atoms with Crippen LogP contribution in [0.25, 0.3) is 0 Å². The molecule has 1 aromatic heterocycles. The smallest absolute Gasteiger partial charge is 0.0485 e. The van der Waals surface area contributed by atoms with Gasteiger partial charge in [0.2, 0.25) is 0 Å². The second-order valence-electron chi connectivity index (χ2n) is 4.69. The standard InChI is InChI=1S/C15H17Cl2N3/c1-20(10-11-4-6-19-7-5-11)15(9-18)13-3-2-12(16)8-14(13)17/h2-8,15H,9-10,18H2,1H3. The summed E-state index contributed by atoms with van der Waals surface area (Å²) in [5, 5.41) is 1.28. The Morgan fingerprint density at radius 1 is 1.20 bits per heavy atom. The van der Waals surface area contributed by atoms with Gasteiger partial charge >= 0.3 is 0 Å². The van der Waals surface area contributed by atoms with Crippen molar-refractivity contribution in [2.24, 2.45) is 5.73 Å². The van der Waals surface area contributed by atoms with Gasteiger partial charge in [0.1, 0.15) is 0 Å². The number of halogens is 2. The minimum atomic E-state index is 0.0490. The Morgan fingerprint density at radius 2 is 1.90 bits per heavy atom. The summed E-state index contributed by atoms with van der Waals surface area (Å²) in [7, 11) is 2.03. The van der Waals surface area contributed by atoms with E-state index >= 15 is 0 Å². The highest BCUT2D eigenvalue weighted by molar-refractivity contribution is 6.35. The van der Waals surface area contributed by atoms with E-state index in [0.717, 1.165) is 12.1 Å². The van der Waals surface area contributed by atoms with Crippen LogP contribution in [0.2, 0.25) is 10.0 Å². The number of nitrogens with two attached hydrogens (primary N) is 1. The van der Waals surface area contributed by atoms with Crippen LogP contribution < -0.4 is 5.73 Å². The summed E-state index contributed by atoms with van der Waals surface area (Å²) in [4.78, 5) is 6.19. The zero-order valence-corrected chi connectivity index (χ0v) is 12.8. The number of hydrogen-bond donors (Lipinski definition) is 1. The minimum absolute atomic E-state index is 0.0490. The van der Waals surface area contributed by atoms with Crippen LogP contribution in [0.4, 0.5) is 0 Å². The molecule has 0 aliphatic rings. The largest absolute Gasteiger partial charge is 0.329 e. The molecule has 0 amide bonds. The maximum absolute atomic E-state index is 6.27. The fourth-order valence-electron chi connectivity index (χ4n) is 2.20. The summed E-state index contributed by atoms with van der Waals surface area (Å²) in [5.74, 6) is 0. The van der Waals surface area contributed by atoms with Crippen molar-refractivity contribution in [1.82, 2.24) is 9.88 Å². The second kappa shape index (κ2) is 7.04. The first-order valence-electron chi connectivity index (χ1n) is 6.36. The molecule has 0 aliphatic heterocycles. The van der Waals surface area contributed by atoms with Crippen molar-refractivity contribution in [3.63, 3.8) is 0 Å². The minimum Gasteiger partial charge on any atom is -0.329 e. The molecule has 20 heavy (non-hydrogen) atoms. The number of nitrogens with zero attached hydrogens (tertiary/aromatic N) is 2. The predicted octanol–water partition coefficient (Wildman–Crippen LogP) is 3.52. The van der Waals surface area contributed by atoms with Crippen molar-refractivity contribution < 1.29 is 0 Å². The lowest BCUT2D eigenvalue weighted by Gasteiger charge is -2.28. The molecule has 1 unspecified atom stereocenters. The van der Waals surface area contributed by atoms with Crippen molar-refractivity contribution in [1.29, 1.82) is 0 Å². The number of aromatic nitrogens is 1. The number of hydrogen-bond acceptors (Lipinski definition) is 3. The van der Waals surface area contributed by atoms with Crippen LogP contribution in [-0.2, 0) is 6.54 Å². The van der Waals surface area contributed by atoms with Gasteiger partial charge in [0.05, 0.1) is 0 Å². The molecule has 106 valence electrons. The molecule has 0 bridgehead atoms. The molecule has 2 aromatic rings. The van der Waals surface area contributed by atoms with Gasteiger partial charge in [0.15, 0.2) is 0 Å². The Labute approximate surface area is 129 Å². The molecule has 0 radical (unpaired) electrons. The number of rotatable bonds is 5. The van der Waals surface area contributed by atoms with Gasteiger partial charge in [-0.3, -0.25) is 9.88 Å². The molecule has 1 aromatic carbocycles. The Kier molecular flexibility index (Phi) is 5.38. The monoisotopic (exact) mass is 309 g/mol. The van der Waals surface area contributed by atoms with E-state index in [1.54, 1.807) is 18.5 Å². The van der Waals surface area contributed by atoms with Crippen LogP contribution in [0.1, 0.15) is 17.2 Å². The van der Waals surface area contributed by atoms with E-state index in [1.807, 2.05) is 31.3 Å². The number of likely N-dealkylation sites (N-methyl/N-ethyl adjacent to an activating group) is 1. The van der Waals surface area contributed by atoms with Crippen LogP contribution in [-0.4, -0.2) is 23.5 Å². The third-order valence-electron chi connectivity index (χ3n) is 3.26. The lowest BCUT2D eigenvalue weighted by molar-refractivity contribution is 0.242. The van der Waals surface area contributed by atoms with E-state index in [2.05, 4.69) is 9.88 Å². The van der Waals surface area contributed by atoms with Crippen molar-refractivity contribution in [2.45, 2.75) is 12.6 Å². The molecular formula is C15H17Cl2N3. The van der Waals surface area contributed by atoms with Gasteiger partial charge < -0.3 is 5.73 Å². The number of pyridine rings is 1. The van der Waals surface area contributed by atoms with Crippen LogP contribution in [0, 0.1) is 0 Å². The molecule has 0 saturated heterocycles. The van der Waals surface area contributed by atoms with Crippen LogP contribution >= 0.6 is 23.2 Å². The summed E-state index contributed by atoms with van der Waals surface area (Å²) in [6.45, 7) is 1.27. The molecule has 1 heterocycles. The average Bonchev–Trinajstić information content (AvgIpc) is 2.43. The quantitative estimate of drug-likeness (QED) is 0.919. The molecule has 2 N–H and O–H groups in total. The lowest BCUT2D eigenvalue weighted by Crippen LogP contribution is -2.30. The molecule has 0 saturated carbocycles. The van der Waals surface area contributed by atoms with Crippen molar-refractivity contribution in [3.05, 3.63) is 63.9 Å². The van der Waals surface area contributed by atoms with E-state index in [1.165, 1.54) is 5.56 Å². The third kappa shape index (κ3) is 3.70. The topological polar surface area (TPSA) is 42.2 Å². The Morgan fingerprint density at radius 3 is 2.50 bits per heavy atom. The number of benzene rings is 1. The molecule has 2 rings (SSSR count). The summed E-state index contributed by atoms with van der Waals surface area (Å²) in [6.07, 6.45) is 3.58. The van der Waals surface area contributed by atoms with Gasteiger partial charge in [0, 0.05) is 41.6 Å². The maximum Gasteiger partial charge on any atom is 0.0485 e. The zero-order chi connectivity index (χ0) is 14.5. The van der Waals surface area contributed by atoms with E-state index in [4.69, 9.17) is 28.9 Å². The Bertz CT molecular complexity index is 560. The van der Waals surface area contributed by atoms with E-state index in [9.17, 15) is 0 Å². The van der Waals surface area contributed by atoms with Crippen LogP contribution in [0.3, 0.4) is 0 Å². The van der Waals surface area contributed by atoms with Crippen molar-refractivity contribution in [2.75, 3.05) is 13.6 Å². The first-order chi connectivity index (χ1) is 9.61. The van der Waals surface area contributed by atoms with E-state index in [0.29, 0.717) is 16.6 Å². The van der Waals surface area contributed by atoms with E-state index in [-0.39, 0.29) is 6.04 Å². The molecule has 0 aliphatic carbocycles. The highest BCUT2D eigenvalue weighted by atomic mass is 35.5. The van der Waals surface area contributed by atoms with Crippen molar-refractivity contribution in [3.8, 4) is 0 Å². The highest BCUT2D eigenvalue weighted by Crippen LogP contribution is 2.29. The fourth-order valence-corrected chi connectivity index (χ4v) is 2.74. The summed E-state index contributed by atoms with van der Waals surface area (Å²) >= 11 is 12.2. The average molecular weight is 310 g/mol. The molecule has 0 fully saturated rings. The molecule has 3 nitrogen and oxygen atoms in total. The SMILES string of the molecule is CN(Cc1ccncc1)C(CN)c1ccc(Cl)cc1Cl. The van der Waals surface area contributed by atoms with Gasteiger partial charge in [-0.25, -0.2) is 0 Å². The fraction of sp³-hybridized carbons (Fsp3) is 0.267. The first kappa shape index (κ1) is 15.3. The Balaban J connectivity index is 2.19. The summed E-state index contributed by atoms with van der Waals surface area (Å²) in [5.41, 5.74) is 8.10. The first-order valence-corrected chi connectivity index (χ1v) is 7.11. The van der Waals surface area contributed by atoms with Gasteiger partial charge in [0.25, 0.3) is 0 Å². The van der Waals surface area contributed by atoms with Gasteiger partial charge in [-0.1, -0.05) is 29.3 Å². The Hall–Kier alpha value is -1.13. The van der Waals surface area contributed by atoms with Gasteiger partial charge in [-0.05, 0) is 42.4 Å². The lowest BCUT2D eigenvalue weighted by atomic mass is 10.0.